The minimum absolute atomic E-state index is 0.0280. The first kappa shape index (κ1) is 32.6. The summed E-state index contributed by atoms with van der Waals surface area (Å²) in [4.78, 5) is 63.7. The molecule has 252 valence electrons. The molecule has 47 heavy (non-hydrogen) atoms. The third kappa shape index (κ3) is 7.98. The van der Waals surface area contributed by atoms with Crippen LogP contribution in [0.1, 0.15) is 56.1 Å². The monoisotopic (exact) mass is 644 g/mol. The molecule has 0 saturated carbocycles. The molecule has 3 saturated heterocycles. The molecular weight excluding hydrogens is 596 g/mol. The molecule has 12 nitrogen and oxygen atoms in total. The molecule has 3 fully saturated rings. The molecule has 1 aromatic heterocycles. The van der Waals surface area contributed by atoms with Crippen LogP contribution in [0.15, 0.2) is 59.7 Å². The number of likely N-dealkylation sites (tertiary alicyclic amines) is 3. The molecule has 5 amide bonds. The van der Waals surface area contributed by atoms with Gasteiger partial charge in [-0.05, 0) is 80.9 Å². The first-order valence-electron chi connectivity index (χ1n) is 17.2. The third-order valence-corrected chi connectivity index (χ3v) is 10.2. The van der Waals surface area contributed by atoms with Crippen molar-refractivity contribution in [3.8, 4) is 0 Å². The highest BCUT2D eigenvalue weighted by Gasteiger charge is 2.35. The fraction of sp³-hybridized carbons (Fsp3) is 0.543. The number of aryl methyl sites for hydroxylation is 1. The molecule has 3 N–H and O–H groups in total. The van der Waals surface area contributed by atoms with Crippen LogP contribution in [-0.4, -0.2) is 105 Å². The summed E-state index contributed by atoms with van der Waals surface area (Å²) in [5.74, 6) is -0.0744. The summed E-state index contributed by atoms with van der Waals surface area (Å²) in [6, 6.07) is 12.7. The number of fused-ring (bicyclic) bond motifs is 1. The Morgan fingerprint density at radius 3 is 2.32 bits per heavy atom. The zero-order valence-corrected chi connectivity index (χ0v) is 27.4. The van der Waals surface area contributed by atoms with Crippen LogP contribution in [-0.2, 0) is 24.8 Å². The number of benzene rings is 1. The third-order valence-electron chi connectivity index (χ3n) is 10.2. The first-order valence-corrected chi connectivity index (χ1v) is 17.2. The summed E-state index contributed by atoms with van der Waals surface area (Å²) in [5, 5.41) is 6.09. The number of amides is 5. The minimum Gasteiger partial charge on any atom is -0.341 e. The number of para-hydroxylation sites is 1. The Kier molecular flexibility index (Phi) is 10.4. The predicted octanol–water partition coefficient (Wildman–Crippen LogP) is 3.45. The molecule has 1 aromatic carbocycles. The average Bonchev–Trinajstić information content (AvgIpc) is 3.18. The Hall–Kier alpha value is -4.32. The van der Waals surface area contributed by atoms with Gasteiger partial charge in [0.1, 0.15) is 6.04 Å². The van der Waals surface area contributed by atoms with Gasteiger partial charge in [0.15, 0.2) is 0 Å². The number of rotatable bonds is 6. The second-order valence-corrected chi connectivity index (χ2v) is 13.3. The van der Waals surface area contributed by atoms with Crippen molar-refractivity contribution < 1.29 is 14.4 Å². The van der Waals surface area contributed by atoms with Crippen molar-refractivity contribution in [1.82, 2.24) is 34.5 Å². The summed E-state index contributed by atoms with van der Waals surface area (Å²) < 4.78 is 1.44. The molecule has 0 radical (unpaired) electrons. The summed E-state index contributed by atoms with van der Waals surface area (Å²) >= 11 is 0. The number of anilines is 1. The molecule has 12 heteroatoms. The van der Waals surface area contributed by atoms with Gasteiger partial charge in [0, 0.05) is 76.4 Å². The van der Waals surface area contributed by atoms with Gasteiger partial charge in [0.2, 0.25) is 5.91 Å². The highest BCUT2D eigenvalue weighted by Crippen LogP contribution is 2.28. The van der Waals surface area contributed by atoms with Crippen LogP contribution in [0, 0.1) is 0 Å². The Labute approximate surface area is 276 Å². The smallest absolute Gasteiger partial charge is 0.325 e. The number of carbonyl (C=O) groups excluding carboxylic acids is 3. The van der Waals surface area contributed by atoms with E-state index in [0.717, 1.165) is 42.7 Å². The molecule has 0 spiro atoms. The van der Waals surface area contributed by atoms with Crippen LogP contribution >= 0.6 is 0 Å². The van der Waals surface area contributed by atoms with Gasteiger partial charge in [-0.3, -0.25) is 4.79 Å². The largest absolute Gasteiger partial charge is 0.341 e. The van der Waals surface area contributed by atoms with E-state index in [0.29, 0.717) is 58.0 Å². The van der Waals surface area contributed by atoms with E-state index < -0.39 is 6.04 Å². The standard InChI is InChI=1S/C35H48N8O4/c1-39-19-11-26(8-7-16-36-33(39)45)24-31(32(44)41-20-12-28(13-21-41)40-17-5-2-6-18-40)38-34(46)42-22-14-29(15-23-42)43-25-27-9-3-4-10-30(27)37-35(43)47/h3-4,7-11,16,19,28-29,31H,2,5-6,12-15,17-18,20-25H2,1H3,(H,36,45)(H,37,47)(H,38,46). The topological polar surface area (TPSA) is 126 Å². The second kappa shape index (κ2) is 15.1. The highest BCUT2D eigenvalue weighted by molar-refractivity contribution is 5.92. The maximum absolute atomic E-state index is 14.1. The van der Waals surface area contributed by atoms with Gasteiger partial charge in [-0.25, -0.2) is 14.4 Å². The van der Waals surface area contributed by atoms with E-state index in [9.17, 15) is 19.2 Å². The lowest BCUT2D eigenvalue weighted by Gasteiger charge is -2.42. The number of nitrogens with zero attached hydrogens (tertiary/aromatic N) is 5. The van der Waals surface area contributed by atoms with Crippen molar-refractivity contribution in [3.63, 3.8) is 0 Å². The molecule has 0 bridgehead atoms. The normalized spacial score (nSPS) is 20.2. The van der Waals surface area contributed by atoms with Crippen LogP contribution in [0.5, 0.6) is 0 Å². The number of piperidine rings is 3. The van der Waals surface area contributed by atoms with E-state index in [1.54, 1.807) is 30.4 Å². The Morgan fingerprint density at radius 1 is 0.851 bits per heavy atom. The fourth-order valence-electron chi connectivity index (χ4n) is 7.39. The zero-order valence-electron chi connectivity index (χ0n) is 27.4. The zero-order chi connectivity index (χ0) is 32.8. The SMILES string of the molecule is Cn1ccc(CC(NC(=O)N2CCC(N3Cc4ccccc4NC3=O)CC2)C(=O)N2CCC(N3CCCCC3)CC2)ccc[nH]c1=O. The van der Waals surface area contributed by atoms with Gasteiger partial charge in [0.25, 0.3) is 0 Å². The van der Waals surface area contributed by atoms with Crippen LogP contribution in [0.2, 0.25) is 0 Å². The lowest BCUT2D eigenvalue weighted by molar-refractivity contribution is -0.134. The number of carbonyl (C=O) groups is 3. The molecule has 6 rings (SSSR count). The summed E-state index contributed by atoms with van der Waals surface area (Å²) in [5.41, 5.74) is 2.50. The minimum atomic E-state index is -0.754. The van der Waals surface area contributed by atoms with E-state index in [1.807, 2.05) is 46.2 Å². The van der Waals surface area contributed by atoms with Crippen molar-refractivity contribution >= 4 is 23.7 Å². The van der Waals surface area contributed by atoms with Crippen molar-refractivity contribution in [1.29, 1.82) is 0 Å². The van der Waals surface area contributed by atoms with Gasteiger partial charge in [-0.1, -0.05) is 30.7 Å². The molecule has 4 aliphatic heterocycles. The Bertz CT molecular complexity index is 1530. The van der Waals surface area contributed by atoms with Gasteiger partial charge >= 0.3 is 17.8 Å². The van der Waals surface area contributed by atoms with E-state index in [1.165, 1.54) is 23.8 Å². The number of urea groups is 2. The average molecular weight is 645 g/mol. The highest BCUT2D eigenvalue weighted by atomic mass is 16.2. The Morgan fingerprint density at radius 2 is 1.55 bits per heavy atom. The van der Waals surface area contributed by atoms with Crippen LogP contribution in [0.25, 0.3) is 0 Å². The van der Waals surface area contributed by atoms with E-state index in [2.05, 4.69) is 20.5 Å². The number of hydrogen-bond acceptors (Lipinski definition) is 5. The molecule has 2 aromatic rings. The quantitative estimate of drug-likeness (QED) is 0.444. The van der Waals surface area contributed by atoms with E-state index in [4.69, 9.17) is 0 Å². The van der Waals surface area contributed by atoms with Crippen molar-refractivity contribution in [3.05, 3.63) is 76.5 Å². The van der Waals surface area contributed by atoms with Crippen molar-refractivity contribution in [2.75, 3.05) is 44.6 Å². The van der Waals surface area contributed by atoms with Crippen LogP contribution < -0.4 is 16.3 Å². The number of aromatic nitrogens is 2. The maximum Gasteiger partial charge on any atom is 0.325 e. The second-order valence-electron chi connectivity index (χ2n) is 13.3. The van der Waals surface area contributed by atoms with Crippen molar-refractivity contribution in [2.45, 2.75) is 76.0 Å². The molecule has 0 aliphatic carbocycles. The predicted molar refractivity (Wildman–Crippen MR) is 180 cm³/mol. The number of aromatic amines is 1. The lowest BCUT2D eigenvalue weighted by atomic mass is 9.98. The first-order chi connectivity index (χ1) is 22.9. The van der Waals surface area contributed by atoms with Gasteiger partial charge in [0.05, 0.1) is 0 Å². The maximum atomic E-state index is 14.1. The number of nitrogens with one attached hydrogen (secondary N) is 3. The fourth-order valence-corrected chi connectivity index (χ4v) is 7.39. The van der Waals surface area contributed by atoms with Crippen molar-refractivity contribution in [2.24, 2.45) is 7.05 Å². The summed E-state index contributed by atoms with van der Waals surface area (Å²) in [6.45, 7) is 5.18. The van der Waals surface area contributed by atoms with E-state index >= 15 is 0 Å². The molecule has 4 aliphatic rings. The van der Waals surface area contributed by atoms with E-state index in [-0.39, 0.29) is 29.7 Å². The van der Waals surface area contributed by atoms with Gasteiger partial charge in [-0.15, -0.1) is 0 Å². The molecule has 1 atom stereocenters. The molecular formula is C35H48N8O4. The van der Waals surface area contributed by atoms with Crippen LogP contribution in [0.4, 0.5) is 15.3 Å². The lowest BCUT2D eigenvalue weighted by Crippen LogP contribution is -2.57. The summed E-state index contributed by atoms with van der Waals surface area (Å²) in [7, 11) is 1.66. The molecule has 5 heterocycles. The molecule has 1 unspecified atom stereocenters. The Balaban J connectivity index is 1.12. The summed E-state index contributed by atoms with van der Waals surface area (Å²) in [6.07, 6.45) is 10.5. The number of H-pyrrole nitrogens is 1. The van der Waals surface area contributed by atoms with Crippen LogP contribution in [0.3, 0.4) is 0 Å². The number of hydrogen-bond donors (Lipinski definition) is 3. The van der Waals surface area contributed by atoms with Gasteiger partial charge in [-0.2, -0.15) is 0 Å². The van der Waals surface area contributed by atoms with Gasteiger partial charge < -0.3 is 39.8 Å².